The van der Waals surface area contributed by atoms with Gasteiger partial charge in [-0.1, -0.05) is 67.6 Å². The SMILES string of the molecule is CCCO[C@@H](Cc1cc(C)c(OCCc2nc(-c3ccccc3)oc2C)c(C)c1)C(=O)N1C(=O)OCC1Cc1ccccc1. The van der Waals surface area contributed by atoms with Crippen molar-refractivity contribution in [2.75, 3.05) is 19.8 Å². The molecule has 1 aromatic heterocycles. The standard InChI is InChI=1S/C36H40N2O6/c1-5-17-41-32(35(39)38-30(23-43-36(38)40)21-27-12-8-6-9-13-27)22-28-19-24(2)33(25(3)20-28)42-18-16-31-26(4)44-34(37-31)29-14-10-7-11-15-29/h6-15,19-20,30,32H,5,16-18,21-23H2,1-4H3/t30?,32-/m0/s1. The molecule has 2 amide bonds. The van der Waals surface area contributed by atoms with Crippen molar-refractivity contribution in [3.05, 3.63) is 107 Å². The fourth-order valence-electron chi connectivity index (χ4n) is 5.61. The minimum atomic E-state index is -0.807. The molecule has 44 heavy (non-hydrogen) atoms. The molecule has 8 heteroatoms. The first-order chi connectivity index (χ1) is 21.3. The summed E-state index contributed by atoms with van der Waals surface area (Å²) in [6.45, 7) is 8.94. The second-order valence-corrected chi connectivity index (χ2v) is 11.2. The number of nitrogens with zero attached hydrogens (tertiary/aromatic N) is 2. The van der Waals surface area contributed by atoms with Crippen molar-refractivity contribution in [3.8, 4) is 17.2 Å². The van der Waals surface area contributed by atoms with E-state index in [2.05, 4.69) is 4.98 Å². The van der Waals surface area contributed by atoms with E-state index >= 15 is 0 Å². The molecular formula is C36H40N2O6. The number of amides is 2. The van der Waals surface area contributed by atoms with E-state index in [1.165, 1.54) is 4.90 Å². The molecule has 0 radical (unpaired) electrons. The van der Waals surface area contributed by atoms with Crippen LogP contribution >= 0.6 is 0 Å². The monoisotopic (exact) mass is 596 g/mol. The van der Waals surface area contributed by atoms with Gasteiger partial charge in [0.2, 0.25) is 5.89 Å². The molecule has 0 aliphatic carbocycles. The first kappa shape index (κ1) is 31.0. The zero-order valence-corrected chi connectivity index (χ0v) is 25.9. The number of hydrogen-bond donors (Lipinski definition) is 0. The predicted octanol–water partition coefficient (Wildman–Crippen LogP) is 6.82. The molecule has 5 rings (SSSR count). The average molecular weight is 597 g/mol. The maximum Gasteiger partial charge on any atom is 0.417 e. The Hall–Kier alpha value is -4.43. The van der Waals surface area contributed by atoms with Gasteiger partial charge in [-0.15, -0.1) is 0 Å². The summed E-state index contributed by atoms with van der Waals surface area (Å²) in [5, 5.41) is 0. The molecule has 1 fully saturated rings. The van der Waals surface area contributed by atoms with Gasteiger partial charge in [0, 0.05) is 25.0 Å². The van der Waals surface area contributed by atoms with Gasteiger partial charge in [0.05, 0.1) is 18.3 Å². The summed E-state index contributed by atoms with van der Waals surface area (Å²) in [5.41, 5.74) is 5.72. The van der Waals surface area contributed by atoms with Crippen LogP contribution in [0.1, 0.15) is 47.1 Å². The Kier molecular flexibility index (Phi) is 10.1. The normalized spacial score (nSPS) is 15.3. The lowest BCUT2D eigenvalue weighted by Gasteiger charge is -2.25. The molecule has 0 saturated carbocycles. The molecule has 1 aliphatic rings. The van der Waals surface area contributed by atoms with Crippen LogP contribution in [-0.4, -0.2) is 53.9 Å². The average Bonchev–Trinajstić information content (AvgIpc) is 3.58. The third-order valence-electron chi connectivity index (χ3n) is 7.75. The Morgan fingerprint density at radius 2 is 1.66 bits per heavy atom. The fourth-order valence-corrected chi connectivity index (χ4v) is 5.61. The molecule has 0 spiro atoms. The van der Waals surface area contributed by atoms with Crippen LogP contribution in [0, 0.1) is 20.8 Å². The molecule has 0 N–H and O–H groups in total. The number of carbonyl (C=O) groups excluding carboxylic acids is 2. The van der Waals surface area contributed by atoms with Gasteiger partial charge in [-0.3, -0.25) is 4.79 Å². The van der Waals surface area contributed by atoms with Crippen molar-refractivity contribution < 1.29 is 28.2 Å². The first-order valence-electron chi connectivity index (χ1n) is 15.2. The number of oxazole rings is 1. The van der Waals surface area contributed by atoms with Gasteiger partial charge >= 0.3 is 6.09 Å². The van der Waals surface area contributed by atoms with Crippen molar-refractivity contribution in [2.24, 2.45) is 0 Å². The molecule has 0 bridgehead atoms. The van der Waals surface area contributed by atoms with Crippen LogP contribution in [0.3, 0.4) is 0 Å². The van der Waals surface area contributed by atoms with E-state index in [1.807, 2.05) is 100 Å². The molecule has 230 valence electrons. The number of cyclic esters (lactones) is 1. The number of aryl methyl sites for hydroxylation is 3. The summed E-state index contributed by atoms with van der Waals surface area (Å²) in [5.74, 6) is 1.83. The van der Waals surface area contributed by atoms with E-state index < -0.39 is 12.2 Å². The predicted molar refractivity (Wildman–Crippen MR) is 168 cm³/mol. The molecule has 1 unspecified atom stereocenters. The number of ether oxygens (including phenoxy) is 3. The van der Waals surface area contributed by atoms with Crippen LogP contribution in [0.2, 0.25) is 0 Å². The Labute approximate surface area is 259 Å². The van der Waals surface area contributed by atoms with Crippen molar-refractivity contribution in [2.45, 2.75) is 65.5 Å². The van der Waals surface area contributed by atoms with Crippen LogP contribution in [0.15, 0.2) is 77.2 Å². The Bertz CT molecular complexity index is 1540. The summed E-state index contributed by atoms with van der Waals surface area (Å²) in [6.07, 6.45) is 0.812. The minimum absolute atomic E-state index is 0.172. The van der Waals surface area contributed by atoms with Gasteiger partial charge in [0.25, 0.3) is 5.91 Å². The first-order valence-corrected chi connectivity index (χ1v) is 15.2. The summed E-state index contributed by atoms with van der Waals surface area (Å²) in [4.78, 5) is 32.4. The lowest BCUT2D eigenvalue weighted by molar-refractivity contribution is -0.141. The number of aromatic nitrogens is 1. The van der Waals surface area contributed by atoms with Crippen molar-refractivity contribution >= 4 is 12.0 Å². The number of benzene rings is 3. The van der Waals surface area contributed by atoms with E-state index in [0.29, 0.717) is 38.4 Å². The second kappa shape index (κ2) is 14.4. The Balaban J connectivity index is 1.25. The van der Waals surface area contributed by atoms with E-state index in [-0.39, 0.29) is 18.6 Å². The topological polar surface area (TPSA) is 91.1 Å². The van der Waals surface area contributed by atoms with E-state index in [0.717, 1.165) is 51.4 Å². The van der Waals surface area contributed by atoms with Crippen LogP contribution in [-0.2, 0) is 33.5 Å². The molecule has 1 saturated heterocycles. The molecular weight excluding hydrogens is 556 g/mol. The molecule has 2 heterocycles. The van der Waals surface area contributed by atoms with Crippen LogP contribution < -0.4 is 4.74 Å². The van der Waals surface area contributed by atoms with Crippen LogP contribution in [0.25, 0.3) is 11.5 Å². The van der Waals surface area contributed by atoms with E-state index in [1.54, 1.807) is 0 Å². The van der Waals surface area contributed by atoms with Crippen LogP contribution in [0.4, 0.5) is 4.79 Å². The third-order valence-corrected chi connectivity index (χ3v) is 7.75. The highest BCUT2D eigenvalue weighted by molar-refractivity contribution is 5.96. The highest BCUT2D eigenvalue weighted by Crippen LogP contribution is 2.28. The van der Waals surface area contributed by atoms with Gasteiger partial charge in [0.1, 0.15) is 24.2 Å². The highest BCUT2D eigenvalue weighted by atomic mass is 16.6. The largest absolute Gasteiger partial charge is 0.493 e. The van der Waals surface area contributed by atoms with Crippen molar-refractivity contribution in [1.29, 1.82) is 0 Å². The molecule has 4 aromatic rings. The fraction of sp³-hybridized carbons (Fsp3) is 0.361. The molecule has 3 aromatic carbocycles. The van der Waals surface area contributed by atoms with Gasteiger partial charge in [-0.2, -0.15) is 0 Å². The Morgan fingerprint density at radius 1 is 0.977 bits per heavy atom. The van der Waals surface area contributed by atoms with E-state index in [9.17, 15) is 9.59 Å². The summed E-state index contributed by atoms with van der Waals surface area (Å²) < 4.78 is 23.5. The zero-order valence-electron chi connectivity index (χ0n) is 25.9. The van der Waals surface area contributed by atoms with Gasteiger partial charge < -0.3 is 18.6 Å². The van der Waals surface area contributed by atoms with Crippen LogP contribution in [0.5, 0.6) is 5.75 Å². The van der Waals surface area contributed by atoms with Gasteiger partial charge in [-0.25, -0.2) is 14.7 Å². The summed E-state index contributed by atoms with van der Waals surface area (Å²) in [6, 6.07) is 23.3. The molecule has 1 aliphatic heterocycles. The number of rotatable bonds is 13. The number of carbonyl (C=O) groups is 2. The summed E-state index contributed by atoms with van der Waals surface area (Å²) in [7, 11) is 0. The minimum Gasteiger partial charge on any atom is -0.493 e. The Morgan fingerprint density at radius 3 is 2.34 bits per heavy atom. The molecule has 8 nitrogen and oxygen atoms in total. The highest BCUT2D eigenvalue weighted by Gasteiger charge is 2.41. The smallest absolute Gasteiger partial charge is 0.417 e. The van der Waals surface area contributed by atoms with E-state index in [4.69, 9.17) is 18.6 Å². The number of hydrogen-bond acceptors (Lipinski definition) is 7. The lowest BCUT2D eigenvalue weighted by Crippen LogP contribution is -2.47. The van der Waals surface area contributed by atoms with Gasteiger partial charge in [-0.05, 0) is 68.0 Å². The lowest BCUT2D eigenvalue weighted by atomic mass is 9.99. The van der Waals surface area contributed by atoms with Crippen molar-refractivity contribution in [3.63, 3.8) is 0 Å². The van der Waals surface area contributed by atoms with Gasteiger partial charge in [0.15, 0.2) is 0 Å². The quantitative estimate of drug-likeness (QED) is 0.167. The molecule has 2 atom stereocenters. The number of imide groups is 1. The second-order valence-electron chi connectivity index (χ2n) is 11.2. The summed E-state index contributed by atoms with van der Waals surface area (Å²) >= 11 is 0. The zero-order chi connectivity index (χ0) is 31.1. The maximum absolute atomic E-state index is 13.8. The third kappa shape index (κ3) is 7.37. The maximum atomic E-state index is 13.8. The van der Waals surface area contributed by atoms with Crippen molar-refractivity contribution in [1.82, 2.24) is 9.88 Å².